The lowest BCUT2D eigenvalue weighted by Crippen LogP contribution is -2.16. The van der Waals surface area contributed by atoms with Gasteiger partial charge in [-0.3, -0.25) is 4.68 Å². The number of hydrogen-bond donors (Lipinski definition) is 1. The summed E-state index contributed by atoms with van der Waals surface area (Å²) in [7, 11) is 0. The third kappa shape index (κ3) is 2.45. The molecule has 14 heavy (non-hydrogen) atoms. The van der Waals surface area contributed by atoms with E-state index in [4.69, 9.17) is 5.73 Å². The van der Waals surface area contributed by atoms with E-state index in [0.717, 1.165) is 29.6 Å². The molecule has 0 aromatic carbocycles. The predicted molar refractivity (Wildman–Crippen MR) is 62.0 cm³/mol. The van der Waals surface area contributed by atoms with Crippen molar-refractivity contribution < 1.29 is 0 Å². The fourth-order valence-electron chi connectivity index (χ4n) is 1.42. The Kier molecular flexibility index (Phi) is 4.35. The first-order chi connectivity index (χ1) is 6.70. The highest BCUT2D eigenvalue weighted by Crippen LogP contribution is 2.24. The van der Waals surface area contributed by atoms with Crippen LogP contribution in [0.25, 0.3) is 0 Å². The average molecular weight is 258 g/mol. The molecule has 0 saturated carbocycles. The Labute approximate surface area is 93.1 Å². The van der Waals surface area contributed by atoms with E-state index in [1.807, 2.05) is 10.8 Å². The molecule has 0 aliphatic rings. The SMILES string of the molecule is C=CCC(N)c1c(Br)cnn1CCC. The molecule has 78 valence electrons. The molecule has 0 saturated heterocycles. The fourth-order valence-corrected chi connectivity index (χ4v) is 2.01. The zero-order valence-electron chi connectivity index (χ0n) is 8.41. The predicted octanol–water partition coefficient (Wildman–Crippen LogP) is 2.63. The monoisotopic (exact) mass is 257 g/mol. The second-order valence-corrected chi connectivity index (χ2v) is 4.09. The smallest absolute Gasteiger partial charge is 0.0696 e. The van der Waals surface area contributed by atoms with Gasteiger partial charge in [-0.1, -0.05) is 13.0 Å². The van der Waals surface area contributed by atoms with Gasteiger partial charge in [-0.15, -0.1) is 6.58 Å². The van der Waals surface area contributed by atoms with Gasteiger partial charge in [-0.25, -0.2) is 0 Å². The molecular formula is C10H16BrN3. The van der Waals surface area contributed by atoms with Crippen molar-refractivity contribution in [2.75, 3.05) is 0 Å². The van der Waals surface area contributed by atoms with E-state index >= 15 is 0 Å². The van der Waals surface area contributed by atoms with Crippen molar-refractivity contribution in [1.82, 2.24) is 9.78 Å². The van der Waals surface area contributed by atoms with Crippen molar-refractivity contribution in [2.45, 2.75) is 32.4 Å². The molecule has 0 bridgehead atoms. The van der Waals surface area contributed by atoms with Gasteiger partial charge < -0.3 is 5.73 Å². The van der Waals surface area contributed by atoms with Crippen LogP contribution in [0.5, 0.6) is 0 Å². The number of nitrogens with zero attached hydrogens (tertiary/aromatic N) is 2. The number of halogens is 1. The minimum atomic E-state index is -0.0177. The topological polar surface area (TPSA) is 43.8 Å². The molecule has 0 fully saturated rings. The summed E-state index contributed by atoms with van der Waals surface area (Å²) >= 11 is 3.46. The standard InChI is InChI=1S/C10H16BrN3/c1-3-5-9(12)10-8(11)7-13-14(10)6-4-2/h3,7,9H,1,4-6,12H2,2H3. The highest BCUT2D eigenvalue weighted by Gasteiger charge is 2.14. The van der Waals surface area contributed by atoms with Crippen LogP contribution < -0.4 is 5.73 Å². The molecule has 0 spiro atoms. The molecule has 1 aromatic rings. The maximum absolute atomic E-state index is 6.02. The minimum Gasteiger partial charge on any atom is -0.322 e. The van der Waals surface area contributed by atoms with Crippen LogP contribution >= 0.6 is 15.9 Å². The van der Waals surface area contributed by atoms with Gasteiger partial charge in [-0.2, -0.15) is 5.10 Å². The quantitative estimate of drug-likeness (QED) is 0.825. The molecule has 0 radical (unpaired) electrons. The molecule has 0 amide bonds. The number of rotatable bonds is 5. The summed E-state index contributed by atoms with van der Waals surface area (Å²) < 4.78 is 2.94. The van der Waals surface area contributed by atoms with Crippen LogP contribution in [0.2, 0.25) is 0 Å². The van der Waals surface area contributed by atoms with Crippen molar-refractivity contribution >= 4 is 15.9 Å². The highest BCUT2D eigenvalue weighted by molar-refractivity contribution is 9.10. The van der Waals surface area contributed by atoms with Crippen LogP contribution in [0.4, 0.5) is 0 Å². The molecule has 4 heteroatoms. The lowest BCUT2D eigenvalue weighted by atomic mass is 10.1. The van der Waals surface area contributed by atoms with E-state index in [1.54, 1.807) is 6.20 Å². The summed E-state index contributed by atoms with van der Waals surface area (Å²) in [4.78, 5) is 0. The van der Waals surface area contributed by atoms with E-state index in [1.165, 1.54) is 0 Å². The number of aromatic nitrogens is 2. The Hall–Kier alpha value is -0.610. The molecular weight excluding hydrogens is 242 g/mol. The summed E-state index contributed by atoms with van der Waals surface area (Å²) in [6.07, 6.45) is 5.46. The van der Waals surface area contributed by atoms with Crippen molar-refractivity contribution in [3.05, 3.63) is 29.0 Å². The second kappa shape index (κ2) is 5.32. The van der Waals surface area contributed by atoms with E-state index in [0.29, 0.717) is 0 Å². The zero-order chi connectivity index (χ0) is 10.6. The van der Waals surface area contributed by atoms with Gasteiger partial charge in [0.25, 0.3) is 0 Å². The Bertz CT molecular complexity index is 306. The first kappa shape index (κ1) is 11.5. The number of hydrogen-bond acceptors (Lipinski definition) is 2. The van der Waals surface area contributed by atoms with Crippen LogP contribution in [-0.4, -0.2) is 9.78 Å². The molecule has 1 atom stereocenters. The van der Waals surface area contributed by atoms with Gasteiger partial charge >= 0.3 is 0 Å². The Morgan fingerprint density at radius 2 is 2.50 bits per heavy atom. The average Bonchev–Trinajstić information content (AvgIpc) is 2.48. The van der Waals surface area contributed by atoms with Crippen molar-refractivity contribution in [2.24, 2.45) is 5.73 Å². The normalized spacial score (nSPS) is 12.8. The van der Waals surface area contributed by atoms with Crippen LogP contribution in [0, 0.1) is 0 Å². The van der Waals surface area contributed by atoms with Crippen molar-refractivity contribution in [3.63, 3.8) is 0 Å². The van der Waals surface area contributed by atoms with Gasteiger partial charge in [0.05, 0.1) is 22.4 Å². The van der Waals surface area contributed by atoms with E-state index in [-0.39, 0.29) is 6.04 Å². The van der Waals surface area contributed by atoms with E-state index in [2.05, 4.69) is 34.5 Å². The summed E-state index contributed by atoms with van der Waals surface area (Å²) in [5, 5.41) is 4.26. The molecule has 2 N–H and O–H groups in total. The lowest BCUT2D eigenvalue weighted by molar-refractivity contribution is 0.539. The maximum atomic E-state index is 6.02. The zero-order valence-corrected chi connectivity index (χ0v) is 10.00. The van der Waals surface area contributed by atoms with Gasteiger partial charge in [-0.05, 0) is 28.8 Å². The van der Waals surface area contributed by atoms with Crippen LogP contribution in [-0.2, 0) is 6.54 Å². The summed E-state index contributed by atoms with van der Waals surface area (Å²) in [6, 6.07) is -0.0177. The third-order valence-electron chi connectivity index (χ3n) is 2.04. The minimum absolute atomic E-state index is 0.0177. The third-order valence-corrected chi connectivity index (χ3v) is 2.65. The molecule has 1 heterocycles. The molecule has 1 unspecified atom stereocenters. The Morgan fingerprint density at radius 3 is 3.07 bits per heavy atom. The summed E-state index contributed by atoms with van der Waals surface area (Å²) in [5.74, 6) is 0. The van der Waals surface area contributed by atoms with Gasteiger partial charge in [0, 0.05) is 6.54 Å². The van der Waals surface area contributed by atoms with Gasteiger partial charge in [0.2, 0.25) is 0 Å². The van der Waals surface area contributed by atoms with Crippen LogP contribution in [0.15, 0.2) is 23.3 Å². The van der Waals surface area contributed by atoms with Crippen LogP contribution in [0.1, 0.15) is 31.5 Å². The maximum Gasteiger partial charge on any atom is 0.0696 e. The first-order valence-corrected chi connectivity index (χ1v) is 5.57. The van der Waals surface area contributed by atoms with Crippen molar-refractivity contribution in [3.8, 4) is 0 Å². The molecule has 0 aliphatic carbocycles. The summed E-state index contributed by atoms with van der Waals surface area (Å²) in [5.41, 5.74) is 7.08. The number of nitrogens with two attached hydrogens (primary N) is 1. The van der Waals surface area contributed by atoms with Gasteiger partial charge in [0.15, 0.2) is 0 Å². The molecule has 1 rings (SSSR count). The second-order valence-electron chi connectivity index (χ2n) is 3.23. The first-order valence-electron chi connectivity index (χ1n) is 4.78. The van der Waals surface area contributed by atoms with Crippen LogP contribution in [0.3, 0.4) is 0 Å². The molecule has 3 nitrogen and oxygen atoms in total. The van der Waals surface area contributed by atoms with Gasteiger partial charge in [0.1, 0.15) is 0 Å². The Morgan fingerprint density at radius 1 is 1.79 bits per heavy atom. The molecule has 1 aromatic heterocycles. The van der Waals surface area contributed by atoms with E-state index in [9.17, 15) is 0 Å². The largest absolute Gasteiger partial charge is 0.322 e. The highest BCUT2D eigenvalue weighted by atomic mass is 79.9. The lowest BCUT2D eigenvalue weighted by Gasteiger charge is -2.12. The van der Waals surface area contributed by atoms with E-state index < -0.39 is 0 Å². The fraction of sp³-hybridized carbons (Fsp3) is 0.500. The van der Waals surface area contributed by atoms with Crippen molar-refractivity contribution in [1.29, 1.82) is 0 Å². The summed E-state index contributed by atoms with van der Waals surface area (Å²) in [6.45, 7) is 6.72. The molecule has 0 aliphatic heterocycles. The number of aryl methyl sites for hydroxylation is 1. The Balaban J connectivity index is 2.91.